The van der Waals surface area contributed by atoms with Gasteiger partial charge in [0.1, 0.15) is 5.78 Å². The molecule has 0 saturated carbocycles. The van der Waals surface area contributed by atoms with Gasteiger partial charge < -0.3 is 0 Å². The van der Waals surface area contributed by atoms with Crippen molar-refractivity contribution >= 4 is 17.5 Å². The van der Waals surface area contributed by atoms with E-state index in [1.165, 1.54) is 0 Å². The maximum absolute atomic E-state index is 11.8. The number of carbonyl (C=O) groups excluding carboxylic acids is 1. The van der Waals surface area contributed by atoms with Crippen molar-refractivity contribution in [1.82, 2.24) is 9.78 Å². The van der Waals surface area contributed by atoms with Crippen molar-refractivity contribution < 1.29 is 4.79 Å². The van der Waals surface area contributed by atoms with Crippen LogP contribution in [0.5, 0.6) is 0 Å². The van der Waals surface area contributed by atoms with E-state index in [0.717, 1.165) is 23.5 Å². The van der Waals surface area contributed by atoms with Crippen LogP contribution in [0.1, 0.15) is 12.0 Å². The molecular formula is C10H14N2OS. The molecule has 1 aromatic rings. The summed E-state index contributed by atoms with van der Waals surface area (Å²) in [6.07, 6.45) is 5.31. The number of rotatable bonds is 3. The summed E-state index contributed by atoms with van der Waals surface area (Å²) in [4.78, 5) is 11.8. The van der Waals surface area contributed by atoms with Gasteiger partial charge in [-0.2, -0.15) is 16.9 Å². The van der Waals surface area contributed by atoms with E-state index in [1.54, 1.807) is 10.9 Å². The Morgan fingerprint density at radius 2 is 2.64 bits per heavy atom. The molecular weight excluding hydrogens is 196 g/mol. The first kappa shape index (κ1) is 9.77. The minimum atomic E-state index is 0.292. The van der Waals surface area contributed by atoms with Crippen LogP contribution in [0.3, 0.4) is 0 Å². The average Bonchev–Trinajstić information content (AvgIpc) is 2.75. The van der Waals surface area contributed by atoms with Crippen molar-refractivity contribution in [3.8, 4) is 0 Å². The number of hydrogen-bond donors (Lipinski definition) is 0. The minimum absolute atomic E-state index is 0.292. The molecule has 1 aromatic heterocycles. The molecule has 1 aliphatic rings. The number of Topliss-reactive ketones (excluding diaryl/α,β-unsaturated/α-hetero) is 1. The Bertz CT molecular complexity index is 329. The Hall–Kier alpha value is -0.770. The van der Waals surface area contributed by atoms with Crippen LogP contribution < -0.4 is 0 Å². The molecule has 0 aromatic carbocycles. The van der Waals surface area contributed by atoms with E-state index in [2.05, 4.69) is 5.10 Å². The lowest BCUT2D eigenvalue weighted by Gasteiger charge is -2.04. The van der Waals surface area contributed by atoms with E-state index in [9.17, 15) is 4.79 Å². The standard InChI is InChI=1S/C10H14N2OS/c1-12-6-8(5-11-12)4-10(13)9-2-3-14-7-9/h5-6,9H,2-4,7H2,1H3. The normalized spacial score (nSPS) is 21.4. The molecule has 1 fully saturated rings. The van der Waals surface area contributed by atoms with E-state index >= 15 is 0 Å². The summed E-state index contributed by atoms with van der Waals surface area (Å²) in [6, 6.07) is 0. The summed E-state index contributed by atoms with van der Waals surface area (Å²) in [5.41, 5.74) is 1.04. The first-order valence-corrected chi connectivity index (χ1v) is 5.99. The Kier molecular flexibility index (Phi) is 2.91. The SMILES string of the molecule is Cn1cc(CC(=O)C2CCSC2)cn1. The number of thioether (sulfide) groups is 1. The third-order valence-electron chi connectivity index (χ3n) is 2.52. The number of aryl methyl sites for hydroxylation is 1. The Morgan fingerprint density at radius 3 is 3.21 bits per heavy atom. The maximum atomic E-state index is 11.8. The van der Waals surface area contributed by atoms with Gasteiger partial charge in [-0.25, -0.2) is 0 Å². The molecule has 4 heteroatoms. The monoisotopic (exact) mass is 210 g/mol. The van der Waals surface area contributed by atoms with Crippen molar-refractivity contribution in [1.29, 1.82) is 0 Å². The van der Waals surface area contributed by atoms with Crippen LogP contribution in [0.25, 0.3) is 0 Å². The molecule has 0 aliphatic carbocycles. The number of hydrogen-bond acceptors (Lipinski definition) is 3. The fourth-order valence-corrected chi connectivity index (χ4v) is 2.95. The smallest absolute Gasteiger partial charge is 0.141 e. The van der Waals surface area contributed by atoms with Crippen LogP contribution in [0.15, 0.2) is 12.4 Å². The molecule has 0 radical (unpaired) electrons. The fraction of sp³-hybridized carbons (Fsp3) is 0.600. The number of ketones is 1. The predicted molar refractivity (Wildman–Crippen MR) is 57.4 cm³/mol. The van der Waals surface area contributed by atoms with E-state index < -0.39 is 0 Å². The summed E-state index contributed by atoms with van der Waals surface area (Å²) in [7, 11) is 1.87. The molecule has 14 heavy (non-hydrogen) atoms. The van der Waals surface area contributed by atoms with Crippen molar-refractivity contribution in [2.75, 3.05) is 11.5 Å². The van der Waals surface area contributed by atoms with Crippen LogP contribution >= 0.6 is 11.8 Å². The van der Waals surface area contributed by atoms with Gasteiger partial charge >= 0.3 is 0 Å². The van der Waals surface area contributed by atoms with Crippen LogP contribution in [-0.2, 0) is 18.3 Å². The van der Waals surface area contributed by atoms with Crippen molar-refractivity contribution in [2.45, 2.75) is 12.8 Å². The highest BCUT2D eigenvalue weighted by molar-refractivity contribution is 7.99. The van der Waals surface area contributed by atoms with Gasteiger partial charge in [0.05, 0.1) is 6.20 Å². The molecule has 0 bridgehead atoms. The highest BCUT2D eigenvalue weighted by Crippen LogP contribution is 2.25. The van der Waals surface area contributed by atoms with Gasteiger partial charge in [0, 0.05) is 31.3 Å². The van der Waals surface area contributed by atoms with Gasteiger partial charge in [0.2, 0.25) is 0 Å². The topological polar surface area (TPSA) is 34.9 Å². The zero-order valence-corrected chi connectivity index (χ0v) is 9.09. The van der Waals surface area contributed by atoms with Crippen molar-refractivity contribution in [3.63, 3.8) is 0 Å². The molecule has 1 unspecified atom stereocenters. The molecule has 3 nitrogen and oxygen atoms in total. The molecule has 76 valence electrons. The summed E-state index contributed by atoms with van der Waals surface area (Å²) < 4.78 is 1.74. The first-order valence-electron chi connectivity index (χ1n) is 4.83. The number of aromatic nitrogens is 2. The van der Waals surface area contributed by atoms with Gasteiger partial charge in [-0.15, -0.1) is 0 Å². The van der Waals surface area contributed by atoms with E-state index in [4.69, 9.17) is 0 Å². The van der Waals surface area contributed by atoms with Crippen LogP contribution in [0, 0.1) is 5.92 Å². The van der Waals surface area contributed by atoms with Gasteiger partial charge in [-0.05, 0) is 17.7 Å². The van der Waals surface area contributed by atoms with E-state index in [0.29, 0.717) is 18.1 Å². The van der Waals surface area contributed by atoms with Gasteiger partial charge in [0.15, 0.2) is 0 Å². The van der Waals surface area contributed by atoms with Crippen molar-refractivity contribution in [3.05, 3.63) is 18.0 Å². The van der Waals surface area contributed by atoms with Crippen molar-refractivity contribution in [2.24, 2.45) is 13.0 Å². The zero-order chi connectivity index (χ0) is 9.97. The summed E-state index contributed by atoms with van der Waals surface area (Å²) in [6.45, 7) is 0. The number of carbonyl (C=O) groups is 1. The van der Waals surface area contributed by atoms with Crippen LogP contribution in [0.4, 0.5) is 0 Å². The molecule has 1 aliphatic heterocycles. The third kappa shape index (κ3) is 2.18. The van der Waals surface area contributed by atoms with Crippen LogP contribution in [-0.4, -0.2) is 27.1 Å². The largest absolute Gasteiger partial charge is 0.299 e. The second-order valence-electron chi connectivity index (χ2n) is 3.73. The Morgan fingerprint density at radius 1 is 1.79 bits per heavy atom. The molecule has 1 saturated heterocycles. The summed E-state index contributed by atoms with van der Waals surface area (Å²) in [5.74, 6) is 2.82. The third-order valence-corrected chi connectivity index (χ3v) is 3.68. The quantitative estimate of drug-likeness (QED) is 0.754. The highest BCUT2D eigenvalue weighted by Gasteiger charge is 2.23. The summed E-state index contributed by atoms with van der Waals surface area (Å²) in [5, 5.41) is 4.06. The average molecular weight is 210 g/mol. The first-order chi connectivity index (χ1) is 6.75. The van der Waals surface area contributed by atoms with Gasteiger partial charge in [-0.3, -0.25) is 9.48 Å². The van der Waals surface area contributed by atoms with Gasteiger partial charge in [0.25, 0.3) is 0 Å². The van der Waals surface area contributed by atoms with E-state index in [-0.39, 0.29) is 0 Å². The zero-order valence-electron chi connectivity index (χ0n) is 8.27. The molecule has 0 amide bonds. The molecule has 2 rings (SSSR count). The lowest BCUT2D eigenvalue weighted by Crippen LogP contribution is -2.15. The lowest BCUT2D eigenvalue weighted by atomic mass is 9.99. The lowest BCUT2D eigenvalue weighted by molar-refractivity contribution is -0.121. The molecule has 0 N–H and O–H groups in total. The van der Waals surface area contributed by atoms with E-state index in [1.807, 2.05) is 25.0 Å². The maximum Gasteiger partial charge on any atom is 0.141 e. The van der Waals surface area contributed by atoms with Gasteiger partial charge in [-0.1, -0.05) is 0 Å². The Balaban J connectivity index is 1.93. The molecule has 1 atom stereocenters. The highest BCUT2D eigenvalue weighted by atomic mass is 32.2. The van der Waals surface area contributed by atoms with Crippen LogP contribution in [0.2, 0.25) is 0 Å². The second-order valence-corrected chi connectivity index (χ2v) is 4.88. The predicted octanol–water partition coefficient (Wildman–Crippen LogP) is 1.28. The molecule has 0 spiro atoms. The second kappa shape index (κ2) is 4.17. The minimum Gasteiger partial charge on any atom is -0.299 e. The molecule has 2 heterocycles. The fourth-order valence-electron chi connectivity index (χ4n) is 1.70. The Labute approximate surface area is 87.9 Å². The summed E-state index contributed by atoms with van der Waals surface area (Å²) >= 11 is 1.88. The number of nitrogens with zero attached hydrogens (tertiary/aromatic N) is 2.